The van der Waals surface area contributed by atoms with Gasteiger partial charge in [0.15, 0.2) is 0 Å². The summed E-state index contributed by atoms with van der Waals surface area (Å²) in [6.07, 6.45) is 0.724. The predicted molar refractivity (Wildman–Crippen MR) is 114 cm³/mol. The van der Waals surface area contributed by atoms with Gasteiger partial charge in [-0.05, 0) is 42.5 Å². The third-order valence-corrected chi connectivity index (χ3v) is 4.77. The van der Waals surface area contributed by atoms with Crippen molar-refractivity contribution in [2.24, 2.45) is 5.92 Å². The van der Waals surface area contributed by atoms with Crippen LogP contribution < -0.4 is 5.32 Å². The van der Waals surface area contributed by atoms with Gasteiger partial charge in [-0.15, -0.1) is 0 Å². The van der Waals surface area contributed by atoms with E-state index in [0.717, 1.165) is 16.7 Å². The van der Waals surface area contributed by atoms with Crippen molar-refractivity contribution in [3.8, 4) is 0 Å². The molecule has 1 N–H and O–H groups in total. The fraction of sp³-hybridized carbons (Fsp3) is 0.417. The molecular formula is C24H31FN2O2. The van der Waals surface area contributed by atoms with Crippen LogP contribution in [0.25, 0.3) is 0 Å². The molecule has 2 rings (SSSR count). The second-order valence-corrected chi connectivity index (χ2v) is 7.88. The zero-order valence-electron chi connectivity index (χ0n) is 17.7. The summed E-state index contributed by atoms with van der Waals surface area (Å²) in [5.41, 5.74) is 2.79. The molecule has 2 aromatic rings. The van der Waals surface area contributed by atoms with Crippen LogP contribution in [0.2, 0.25) is 0 Å². The van der Waals surface area contributed by atoms with Gasteiger partial charge >= 0.3 is 0 Å². The van der Waals surface area contributed by atoms with Crippen LogP contribution in [0, 0.1) is 18.7 Å². The van der Waals surface area contributed by atoms with Gasteiger partial charge in [-0.25, -0.2) is 4.39 Å². The van der Waals surface area contributed by atoms with Gasteiger partial charge in [-0.1, -0.05) is 62.7 Å². The molecule has 0 aliphatic carbocycles. The normalized spacial score (nSPS) is 11.9. The van der Waals surface area contributed by atoms with Crippen molar-refractivity contribution in [1.82, 2.24) is 10.2 Å². The van der Waals surface area contributed by atoms with Gasteiger partial charge in [0.25, 0.3) is 0 Å². The quantitative estimate of drug-likeness (QED) is 0.686. The maximum absolute atomic E-state index is 13.3. The van der Waals surface area contributed by atoms with Gasteiger partial charge < -0.3 is 10.2 Å². The first-order chi connectivity index (χ1) is 13.8. The van der Waals surface area contributed by atoms with Crippen LogP contribution in [-0.2, 0) is 22.6 Å². The predicted octanol–water partition coefficient (Wildman–Crippen LogP) is 4.26. The van der Waals surface area contributed by atoms with E-state index in [-0.39, 0.29) is 30.6 Å². The Balaban J connectivity index is 2.25. The van der Waals surface area contributed by atoms with E-state index in [1.165, 1.54) is 12.1 Å². The third-order valence-electron chi connectivity index (χ3n) is 4.77. The van der Waals surface area contributed by atoms with E-state index >= 15 is 0 Å². The topological polar surface area (TPSA) is 49.4 Å². The summed E-state index contributed by atoms with van der Waals surface area (Å²) in [4.78, 5) is 27.6. The molecule has 0 aliphatic rings. The summed E-state index contributed by atoms with van der Waals surface area (Å²) < 4.78 is 13.3. The summed E-state index contributed by atoms with van der Waals surface area (Å²) in [5, 5.41) is 2.94. The molecule has 0 bridgehead atoms. The van der Waals surface area contributed by atoms with Gasteiger partial charge in [-0.2, -0.15) is 0 Å². The monoisotopic (exact) mass is 398 g/mol. The maximum Gasteiger partial charge on any atom is 0.242 e. The lowest BCUT2D eigenvalue weighted by atomic mass is 10.0. The van der Waals surface area contributed by atoms with Gasteiger partial charge in [0, 0.05) is 13.1 Å². The molecular weight excluding hydrogens is 367 g/mol. The molecule has 0 aromatic heterocycles. The minimum Gasteiger partial charge on any atom is -0.354 e. The Morgan fingerprint density at radius 1 is 1.07 bits per heavy atom. The molecule has 0 saturated heterocycles. The first-order valence-electron chi connectivity index (χ1n) is 10.2. The van der Waals surface area contributed by atoms with Gasteiger partial charge in [0.05, 0.1) is 6.42 Å². The number of halogens is 1. The zero-order chi connectivity index (χ0) is 21.4. The molecule has 0 radical (unpaired) electrons. The van der Waals surface area contributed by atoms with Gasteiger partial charge in [0.2, 0.25) is 11.8 Å². The molecule has 2 aromatic carbocycles. The van der Waals surface area contributed by atoms with Crippen molar-refractivity contribution in [3.63, 3.8) is 0 Å². The number of benzene rings is 2. The molecule has 1 atom stereocenters. The molecule has 0 heterocycles. The minimum atomic E-state index is -0.573. The van der Waals surface area contributed by atoms with Crippen molar-refractivity contribution < 1.29 is 14.0 Å². The first-order valence-corrected chi connectivity index (χ1v) is 10.2. The molecule has 156 valence electrons. The first kappa shape index (κ1) is 22.6. The molecule has 4 nitrogen and oxygen atoms in total. The van der Waals surface area contributed by atoms with E-state index in [2.05, 4.69) is 5.32 Å². The number of hydrogen-bond acceptors (Lipinski definition) is 2. The number of carbonyl (C=O) groups excluding carboxylic acids is 2. The maximum atomic E-state index is 13.3. The van der Waals surface area contributed by atoms with E-state index in [4.69, 9.17) is 0 Å². The summed E-state index contributed by atoms with van der Waals surface area (Å²) in [7, 11) is 0. The molecule has 0 fully saturated rings. The Labute approximate surface area is 173 Å². The van der Waals surface area contributed by atoms with Crippen molar-refractivity contribution in [1.29, 1.82) is 0 Å². The summed E-state index contributed by atoms with van der Waals surface area (Å²) in [6, 6.07) is 13.3. The Morgan fingerprint density at radius 3 is 2.34 bits per heavy atom. The SMILES string of the molecule is CC[C@@H](C(=O)NCC(C)C)N(Cc1ccc(F)cc1)C(=O)Cc1cccc(C)c1. The highest BCUT2D eigenvalue weighted by molar-refractivity contribution is 5.88. The van der Waals surface area contributed by atoms with E-state index in [9.17, 15) is 14.0 Å². The van der Waals surface area contributed by atoms with Crippen LogP contribution in [0.1, 0.15) is 43.9 Å². The fourth-order valence-corrected chi connectivity index (χ4v) is 3.23. The van der Waals surface area contributed by atoms with E-state index in [1.807, 2.05) is 52.0 Å². The van der Waals surface area contributed by atoms with Crippen LogP contribution in [-0.4, -0.2) is 29.3 Å². The number of aryl methyl sites for hydroxylation is 1. The highest BCUT2D eigenvalue weighted by Gasteiger charge is 2.28. The average Bonchev–Trinajstić information content (AvgIpc) is 2.67. The van der Waals surface area contributed by atoms with Crippen LogP contribution in [0.3, 0.4) is 0 Å². The fourth-order valence-electron chi connectivity index (χ4n) is 3.23. The number of amides is 2. The van der Waals surface area contributed by atoms with E-state index < -0.39 is 6.04 Å². The van der Waals surface area contributed by atoms with Gasteiger partial charge in [-0.3, -0.25) is 9.59 Å². The number of nitrogens with zero attached hydrogens (tertiary/aromatic N) is 1. The second-order valence-electron chi connectivity index (χ2n) is 7.88. The van der Waals surface area contributed by atoms with Crippen molar-refractivity contribution in [2.45, 2.75) is 53.1 Å². The lowest BCUT2D eigenvalue weighted by molar-refractivity contribution is -0.141. The molecule has 0 aliphatic heterocycles. The Bertz CT molecular complexity index is 818. The Kier molecular flexibility index (Phi) is 8.37. The summed E-state index contributed by atoms with van der Waals surface area (Å²) >= 11 is 0. The zero-order valence-corrected chi connectivity index (χ0v) is 17.7. The largest absolute Gasteiger partial charge is 0.354 e. The summed E-state index contributed by atoms with van der Waals surface area (Å²) in [5.74, 6) is -0.273. The highest BCUT2D eigenvalue weighted by Crippen LogP contribution is 2.16. The Morgan fingerprint density at radius 2 is 1.76 bits per heavy atom. The van der Waals surface area contributed by atoms with Crippen molar-refractivity contribution in [3.05, 3.63) is 71.0 Å². The lowest BCUT2D eigenvalue weighted by Crippen LogP contribution is -2.50. The highest BCUT2D eigenvalue weighted by atomic mass is 19.1. The Hall–Kier alpha value is -2.69. The molecule has 0 unspecified atom stereocenters. The number of nitrogens with one attached hydrogen (secondary N) is 1. The number of hydrogen-bond donors (Lipinski definition) is 1. The van der Waals surface area contributed by atoms with Crippen LogP contribution in [0.5, 0.6) is 0 Å². The molecule has 29 heavy (non-hydrogen) atoms. The lowest BCUT2D eigenvalue weighted by Gasteiger charge is -2.31. The van der Waals surface area contributed by atoms with Crippen molar-refractivity contribution >= 4 is 11.8 Å². The second kappa shape index (κ2) is 10.7. The van der Waals surface area contributed by atoms with E-state index in [0.29, 0.717) is 18.9 Å². The standard InChI is InChI=1S/C24H31FN2O2/c1-5-22(24(29)26-15-17(2)3)27(16-19-9-11-21(25)12-10-19)23(28)14-20-8-6-7-18(4)13-20/h6-13,17,22H,5,14-16H2,1-4H3,(H,26,29)/t22-/m0/s1. The third kappa shape index (κ3) is 7.00. The van der Waals surface area contributed by atoms with Gasteiger partial charge in [0.1, 0.15) is 11.9 Å². The van der Waals surface area contributed by atoms with E-state index in [1.54, 1.807) is 17.0 Å². The van der Waals surface area contributed by atoms with Crippen molar-refractivity contribution in [2.75, 3.05) is 6.54 Å². The van der Waals surface area contributed by atoms with Crippen LogP contribution in [0.4, 0.5) is 4.39 Å². The average molecular weight is 399 g/mol. The molecule has 5 heteroatoms. The molecule has 0 spiro atoms. The van der Waals surface area contributed by atoms with Crippen LogP contribution in [0.15, 0.2) is 48.5 Å². The van der Waals surface area contributed by atoms with Crippen LogP contribution >= 0.6 is 0 Å². The number of rotatable bonds is 9. The smallest absolute Gasteiger partial charge is 0.242 e. The summed E-state index contributed by atoms with van der Waals surface area (Å²) in [6.45, 7) is 8.76. The minimum absolute atomic E-state index is 0.119. The molecule has 0 saturated carbocycles. The number of carbonyl (C=O) groups is 2. The molecule has 2 amide bonds.